The van der Waals surface area contributed by atoms with Gasteiger partial charge in [0.25, 0.3) is 0 Å². The van der Waals surface area contributed by atoms with Crippen molar-refractivity contribution < 1.29 is 4.79 Å². The molecular weight excluding hydrogens is 236 g/mol. The normalized spacial score (nSPS) is 9.74. The van der Waals surface area contributed by atoms with Crippen molar-refractivity contribution in [2.24, 2.45) is 0 Å². The predicted molar refractivity (Wildman–Crippen MR) is 75.8 cm³/mol. The van der Waals surface area contributed by atoms with E-state index < -0.39 is 0 Å². The average Bonchev–Trinajstić information content (AvgIpc) is 2.46. The van der Waals surface area contributed by atoms with Gasteiger partial charge in [0.05, 0.1) is 11.6 Å². The minimum Gasteiger partial charge on any atom is -0.345 e. The summed E-state index contributed by atoms with van der Waals surface area (Å²) in [5, 5.41) is 8.78. The van der Waals surface area contributed by atoms with Gasteiger partial charge in [0.1, 0.15) is 6.29 Å². The van der Waals surface area contributed by atoms with E-state index in [1.807, 2.05) is 49.2 Å². The molecule has 0 aromatic heterocycles. The van der Waals surface area contributed by atoms with Gasteiger partial charge in [-0.05, 0) is 55.0 Å². The Kier molecular flexibility index (Phi) is 3.63. The summed E-state index contributed by atoms with van der Waals surface area (Å²) in [7, 11) is 1.96. The molecule has 2 aromatic rings. The summed E-state index contributed by atoms with van der Waals surface area (Å²) in [4.78, 5) is 12.8. The zero-order valence-electron chi connectivity index (χ0n) is 10.9. The molecule has 0 heterocycles. The number of carbonyl (C=O) groups is 1. The van der Waals surface area contributed by atoms with E-state index in [1.165, 1.54) is 0 Å². The fourth-order valence-corrected chi connectivity index (χ4v) is 1.91. The second-order valence-corrected chi connectivity index (χ2v) is 4.38. The third-order valence-electron chi connectivity index (χ3n) is 3.15. The summed E-state index contributed by atoms with van der Waals surface area (Å²) in [6.07, 6.45) is 0.862. The molecule has 3 heteroatoms. The number of anilines is 2. The van der Waals surface area contributed by atoms with Crippen LogP contribution in [0.3, 0.4) is 0 Å². The van der Waals surface area contributed by atoms with E-state index >= 15 is 0 Å². The molecule has 94 valence electrons. The maximum Gasteiger partial charge on any atom is 0.150 e. The van der Waals surface area contributed by atoms with Crippen molar-refractivity contribution in [3.63, 3.8) is 0 Å². The van der Waals surface area contributed by atoms with Crippen molar-refractivity contribution in [3.05, 3.63) is 59.2 Å². The van der Waals surface area contributed by atoms with Crippen LogP contribution in [0.1, 0.15) is 21.5 Å². The van der Waals surface area contributed by atoms with E-state index in [2.05, 4.69) is 6.07 Å². The van der Waals surface area contributed by atoms with E-state index in [1.54, 1.807) is 12.1 Å². The Balaban J connectivity index is 2.32. The van der Waals surface area contributed by atoms with Crippen molar-refractivity contribution in [2.75, 3.05) is 11.9 Å². The molecular formula is C16H14N2O. The lowest BCUT2D eigenvalue weighted by atomic mass is 10.1. The topological polar surface area (TPSA) is 44.1 Å². The molecule has 0 bridgehead atoms. The molecule has 0 atom stereocenters. The van der Waals surface area contributed by atoms with Crippen molar-refractivity contribution in [2.45, 2.75) is 6.92 Å². The number of benzene rings is 2. The fraction of sp³-hybridized carbons (Fsp3) is 0.125. The molecule has 0 N–H and O–H groups in total. The summed E-state index contributed by atoms with van der Waals surface area (Å²) in [6, 6.07) is 15.2. The predicted octanol–water partition coefficient (Wildman–Crippen LogP) is 3.45. The van der Waals surface area contributed by atoms with Crippen LogP contribution in [0, 0.1) is 18.3 Å². The van der Waals surface area contributed by atoms with Gasteiger partial charge in [-0.2, -0.15) is 5.26 Å². The Morgan fingerprint density at radius 1 is 1.11 bits per heavy atom. The highest BCUT2D eigenvalue weighted by Gasteiger charge is 2.06. The highest BCUT2D eigenvalue weighted by atomic mass is 16.1. The summed E-state index contributed by atoms with van der Waals surface area (Å²) in [6.45, 7) is 1.92. The molecule has 0 aliphatic carbocycles. The van der Waals surface area contributed by atoms with Crippen LogP contribution in [0.4, 0.5) is 11.4 Å². The summed E-state index contributed by atoms with van der Waals surface area (Å²) in [5.41, 5.74) is 4.31. The third kappa shape index (κ3) is 2.63. The standard InChI is InChI=1S/C16H14N2O/c1-12-9-16(8-5-14(12)11-19)18(2)15-6-3-13(10-17)4-7-15/h3-9,11H,1-2H3. The molecule has 0 saturated carbocycles. The van der Waals surface area contributed by atoms with E-state index in [4.69, 9.17) is 5.26 Å². The van der Waals surface area contributed by atoms with Gasteiger partial charge in [-0.3, -0.25) is 4.79 Å². The van der Waals surface area contributed by atoms with Gasteiger partial charge >= 0.3 is 0 Å². The highest BCUT2D eigenvalue weighted by Crippen LogP contribution is 2.25. The van der Waals surface area contributed by atoms with Crippen molar-refractivity contribution in [3.8, 4) is 6.07 Å². The van der Waals surface area contributed by atoms with Gasteiger partial charge in [0.15, 0.2) is 0 Å². The molecule has 0 unspecified atom stereocenters. The SMILES string of the molecule is Cc1cc(N(C)c2ccc(C#N)cc2)ccc1C=O. The highest BCUT2D eigenvalue weighted by molar-refractivity contribution is 5.79. The first kappa shape index (κ1) is 12.8. The number of hydrogen-bond acceptors (Lipinski definition) is 3. The van der Waals surface area contributed by atoms with Crippen LogP contribution in [0.15, 0.2) is 42.5 Å². The minimum atomic E-state index is 0.643. The van der Waals surface area contributed by atoms with E-state index in [9.17, 15) is 4.79 Å². The molecule has 0 spiro atoms. The lowest BCUT2D eigenvalue weighted by molar-refractivity contribution is 0.112. The Morgan fingerprint density at radius 2 is 1.74 bits per heavy atom. The minimum absolute atomic E-state index is 0.643. The summed E-state index contributed by atoms with van der Waals surface area (Å²) in [5.74, 6) is 0. The number of carbonyl (C=O) groups excluding carboxylic acids is 1. The average molecular weight is 250 g/mol. The van der Waals surface area contributed by atoms with Crippen LogP contribution in [-0.4, -0.2) is 13.3 Å². The monoisotopic (exact) mass is 250 g/mol. The van der Waals surface area contributed by atoms with Gasteiger partial charge in [-0.15, -0.1) is 0 Å². The van der Waals surface area contributed by atoms with Crippen molar-refractivity contribution >= 4 is 17.7 Å². The summed E-state index contributed by atoms with van der Waals surface area (Å²) < 4.78 is 0. The smallest absolute Gasteiger partial charge is 0.150 e. The number of aldehydes is 1. The molecule has 0 radical (unpaired) electrons. The summed E-state index contributed by atoms with van der Waals surface area (Å²) >= 11 is 0. The van der Waals surface area contributed by atoms with E-state index in [0.29, 0.717) is 11.1 Å². The molecule has 0 saturated heterocycles. The zero-order chi connectivity index (χ0) is 13.8. The van der Waals surface area contributed by atoms with Gasteiger partial charge in [0.2, 0.25) is 0 Å². The number of aryl methyl sites for hydroxylation is 1. The number of nitrogens with zero attached hydrogens (tertiary/aromatic N) is 2. The van der Waals surface area contributed by atoms with Gasteiger partial charge in [0, 0.05) is 24.0 Å². The first-order chi connectivity index (χ1) is 9.15. The van der Waals surface area contributed by atoms with Crippen molar-refractivity contribution in [1.82, 2.24) is 0 Å². The quantitative estimate of drug-likeness (QED) is 0.784. The molecule has 0 aliphatic rings. The van der Waals surface area contributed by atoms with E-state index in [0.717, 1.165) is 23.2 Å². The van der Waals surface area contributed by atoms with Crippen LogP contribution in [-0.2, 0) is 0 Å². The number of hydrogen-bond donors (Lipinski definition) is 0. The van der Waals surface area contributed by atoms with Gasteiger partial charge in [-0.1, -0.05) is 0 Å². The maximum atomic E-state index is 10.8. The Hall–Kier alpha value is -2.60. The lowest BCUT2D eigenvalue weighted by Crippen LogP contribution is -2.09. The fourth-order valence-electron chi connectivity index (χ4n) is 1.91. The molecule has 0 aliphatic heterocycles. The second-order valence-electron chi connectivity index (χ2n) is 4.38. The first-order valence-corrected chi connectivity index (χ1v) is 5.95. The van der Waals surface area contributed by atoms with Gasteiger partial charge in [-0.25, -0.2) is 0 Å². The Morgan fingerprint density at radius 3 is 2.26 bits per heavy atom. The second kappa shape index (κ2) is 5.36. The molecule has 0 fully saturated rings. The van der Waals surface area contributed by atoms with Crippen LogP contribution >= 0.6 is 0 Å². The molecule has 3 nitrogen and oxygen atoms in total. The number of rotatable bonds is 3. The molecule has 2 aromatic carbocycles. The molecule has 19 heavy (non-hydrogen) atoms. The first-order valence-electron chi connectivity index (χ1n) is 5.95. The van der Waals surface area contributed by atoms with Crippen LogP contribution in [0.25, 0.3) is 0 Å². The third-order valence-corrected chi connectivity index (χ3v) is 3.15. The van der Waals surface area contributed by atoms with Gasteiger partial charge < -0.3 is 4.90 Å². The maximum absolute atomic E-state index is 10.8. The van der Waals surface area contributed by atoms with Crippen LogP contribution in [0.5, 0.6) is 0 Å². The Bertz CT molecular complexity index is 639. The van der Waals surface area contributed by atoms with Crippen molar-refractivity contribution in [1.29, 1.82) is 5.26 Å². The number of nitriles is 1. The molecule has 2 rings (SSSR count). The van der Waals surface area contributed by atoms with Crippen LogP contribution < -0.4 is 4.90 Å². The zero-order valence-corrected chi connectivity index (χ0v) is 10.9. The Labute approximate surface area is 112 Å². The van der Waals surface area contributed by atoms with Crippen LogP contribution in [0.2, 0.25) is 0 Å². The molecule has 0 amide bonds. The lowest BCUT2D eigenvalue weighted by Gasteiger charge is -2.20. The largest absolute Gasteiger partial charge is 0.345 e. The van der Waals surface area contributed by atoms with E-state index in [-0.39, 0.29) is 0 Å².